The first-order chi connectivity index (χ1) is 27.7. The van der Waals surface area contributed by atoms with Crippen LogP contribution in [0.1, 0.15) is 0 Å². The second-order valence-corrected chi connectivity index (χ2v) is 13.7. The standard InChI is InChI=1S/C51H33N5/c1-4-14-36(15-5-1)46-33-47(53-51(52-46)43-29-30-45-41(32-43)28-25-35-13-10-11-22-44(35)45)42-21-12-20-40(31-42)34-23-26-39(27-24-34)50-55-48(37-16-6-2-7-17-37)54-49(56-50)38-18-8-3-9-19-38/h1-33H. The highest BCUT2D eigenvalue weighted by Crippen LogP contribution is 2.34. The maximum Gasteiger partial charge on any atom is 0.164 e. The Bertz CT molecular complexity index is 2940. The van der Waals surface area contributed by atoms with Crippen molar-refractivity contribution in [3.8, 4) is 79.2 Å². The molecule has 10 rings (SSSR count). The Balaban J connectivity index is 1.02. The first kappa shape index (κ1) is 33.0. The van der Waals surface area contributed by atoms with Crippen molar-refractivity contribution in [1.29, 1.82) is 0 Å². The summed E-state index contributed by atoms with van der Waals surface area (Å²) in [6.07, 6.45) is 0. The third-order valence-electron chi connectivity index (χ3n) is 10.1. The van der Waals surface area contributed by atoms with Crippen LogP contribution < -0.4 is 0 Å². The van der Waals surface area contributed by atoms with Crippen molar-refractivity contribution in [2.75, 3.05) is 0 Å². The predicted molar refractivity (Wildman–Crippen MR) is 228 cm³/mol. The molecule has 0 amide bonds. The molecular weight excluding hydrogens is 683 g/mol. The molecule has 262 valence electrons. The van der Waals surface area contributed by atoms with E-state index >= 15 is 0 Å². The Hall–Kier alpha value is -7.63. The van der Waals surface area contributed by atoms with E-state index in [1.165, 1.54) is 16.2 Å². The molecular formula is C51H33N5. The molecule has 10 aromatic rings. The summed E-state index contributed by atoms with van der Waals surface area (Å²) in [4.78, 5) is 25.0. The molecule has 2 aromatic heterocycles. The lowest BCUT2D eigenvalue weighted by Gasteiger charge is -2.12. The van der Waals surface area contributed by atoms with Crippen LogP contribution in [0.15, 0.2) is 200 Å². The Morgan fingerprint density at radius 2 is 0.661 bits per heavy atom. The lowest BCUT2D eigenvalue weighted by Crippen LogP contribution is -2.00. The molecule has 0 radical (unpaired) electrons. The fraction of sp³-hybridized carbons (Fsp3) is 0. The average Bonchev–Trinajstić information content (AvgIpc) is 3.29. The molecule has 0 aliphatic heterocycles. The first-order valence-corrected chi connectivity index (χ1v) is 18.7. The summed E-state index contributed by atoms with van der Waals surface area (Å²) in [6, 6.07) is 68.9. The van der Waals surface area contributed by atoms with E-state index in [2.05, 4.69) is 121 Å². The molecule has 0 unspecified atom stereocenters. The molecule has 0 spiro atoms. The van der Waals surface area contributed by atoms with Gasteiger partial charge in [0.05, 0.1) is 11.4 Å². The first-order valence-electron chi connectivity index (χ1n) is 18.7. The molecule has 0 aliphatic rings. The normalized spacial score (nSPS) is 11.2. The zero-order chi connectivity index (χ0) is 37.3. The van der Waals surface area contributed by atoms with Crippen LogP contribution in [0.2, 0.25) is 0 Å². The Labute approximate surface area is 324 Å². The van der Waals surface area contributed by atoms with Gasteiger partial charge in [0.2, 0.25) is 0 Å². The van der Waals surface area contributed by atoms with Gasteiger partial charge in [0.15, 0.2) is 23.3 Å². The molecule has 0 atom stereocenters. The minimum Gasteiger partial charge on any atom is -0.228 e. The summed E-state index contributed by atoms with van der Waals surface area (Å²) in [7, 11) is 0. The number of rotatable bonds is 7. The van der Waals surface area contributed by atoms with E-state index in [9.17, 15) is 0 Å². The minimum absolute atomic E-state index is 0.627. The molecule has 8 aromatic carbocycles. The maximum absolute atomic E-state index is 5.19. The Kier molecular flexibility index (Phi) is 8.43. The van der Waals surface area contributed by atoms with Crippen LogP contribution in [0.4, 0.5) is 0 Å². The third-order valence-corrected chi connectivity index (χ3v) is 10.1. The van der Waals surface area contributed by atoms with Gasteiger partial charge >= 0.3 is 0 Å². The summed E-state index contributed by atoms with van der Waals surface area (Å²) in [5.41, 5.74) is 9.73. The van der Waals surface area contributed by atoms with Crippen LogP contribution in [0.5, 0.6) is 0 Å². The van der Waals surface area contributed by atoms with E-state index in [1.54, 1.807) is 0 Å². The van der Waals surface area contributed by atoms with Gasteiger partial charge in [-0.05, 0) is 50.9 Å². The topological polar surface area (TPSA) is 64.5 Å². The van der Waals surface area contributed by atoms with Crippen molar-refractivity contribution in [2.45, 2.75) is 0 Å². The van der Waals surface area contributed by atoms with Gasteiger partial charge in [-0.2, -0.15) is 0 Å². The van der Waals surface area contributed by atoms with Crippen molar-refractivity contribution >= 4 is 21.5 Å². The summed E-state index contributed by atoms with van der Waals surface area (Å²) >= 11 is 0. The second-order valence-electron chi connectivity index (χ2n) is 13.7. The quantitative estimate of drug-likeness (QED) is 0.154. The van der Waals surface area contributed by atoms with Gasteiger partial charge in [-0.25, -0.2) is 24.9 Å². The summed E-state index contributed by atoms with van der Waals surface area (Å²) in [6.45, 7) is 0. The number of aromatic nitrogens is 5. The van der Waals surface area contributed by atoms with Gasteiger partial charge in [-0.15, -0.1) is 0 Å². The molecule has 56 heavy (non-hydrogen) atoms. The summed E-state index contributed by atoms with van der Waals surface area (Å²) in [5, 5.41) is 4.84. The average molecular weight is 716 g/mol. The molecule has 5 nitrogen and oxygen atoms in total. The van der Waals surface area contributed by atoms with E-state index in [0.29, 0.717) is 23.3 Å². The van der Waals surface area contributed by atoms with Crippen LogP contribution in [0.25, 0.3) is 101 Å². The highest BCUT2D eigenvalue weighted by atomic mass is 15.0. The van der Waals surface area contributed by atoms with E-state index < -0.39 is 0 Å². The third kappa shape index (κ3) is 6.48. The zero-order valence-electron chi connectivity index (χ0n) is 30.3. The maximum atomic E-state index is 5.19. The molecule has 0 bridgehead atoms. The van der Waals surface area contributed by atoms with Crippen molar-refractivity contribution < 1.29 is 0 Å². The van der Waals surface area contributed by atoms with E-state index in [0.717, 1.165) is 61.3 Å². The van der Waals surface area contributed by atoms with Gasteiger partial charge in [-0.3, -0.25) is 0 Å². The number of fused-ring (bicyclic) bond motifs is 3. The lowest BCUT2D eigenvalue weighted by molar-refractivity contribution is 1.07. The van der Waals surface area contributed by atoms with Crippen LogP contribution >= 0.6 is 0 Å². The SMILES string of the molecule is c1ccc(-c2cc(-c3cccc(-c4ccc(-c5nc(-c6ccccc6)nc(-c6ccccc6)n5)cc4)c3)nc(-c3ccc4c(ccc5ccccc54)c3)n2)cc1. The van der Waals surface area contributed by atoms with Gasteiger partial charge < -0.3 is 0 Å². The van der Waals surface area contributed by atoms with Crippen LogP contribution in [-0.2, 0) is 0 Å². The van der Waals surface area contributed by atoms with Crippen LogP contribution in [0, 0.1) is 0 Å². The molecule has 5 heteroatoms. The highest BCUT2D eigenvalue weighted by Gasteiger charge is 2.15. The van der Waals surface area contributed by atoms with Gasteiger partial charge in [0.1, 0.15) is 0 Å². The fourth-order valence-corrected chi connectivity index (χ4v) is 7.24. The van der Waals surface area contributed by atoms with E-state index in [-0.39, 0.29) is 0 Å². The van der Waals surface area contributed by atoms with Gasteiger partial charge in [0.25, 0.3) is 0 Å². The van der Waals surface area contributed by atoms with E-state index in [1.807, 2.05) is 78.9 Å². The molecule has 2 heterocycles. The molecule has 0 saturated carbocycles. The number of hydrogen-bond donors (Lipinski definition) is 0. The zero-order valence-corrected chi connectivity index (χ0v) is 30.3. The Morgan fingerprint density at radius 3 is 1.32 bits per heavy atom. The van der Waals surface area contributed by atoms with Crippen molar-refractivity contribution in [3.05, 3.63) is 200 Å². The van der Waals surface area contributed by atoms with Crippen LogP contribution in [0.3, 0.4) is 0 Å². The summed E-state index contributed by atoms with van der Waals surface area (Å²) < 4.78 is 0. The predicted octanol–water partition coefficient (Wildman–Crippen LogP) is 12.6. The molecule has 0 aliphatic carbocycles. The smallest absolute Gasteiger partial charge is 0.164 e. The fourth-order valence-electron chi connectivity index (χ4n) is 7.24. The number of nitrogens with zero attached hydrogens (tertiary/aromatic N) is 5. The highest BCUT2D eigenvalue weighted by molar-refractivity contribution is 6.08. The number of benzene rings is 8. The second kappa shape index (κ2) is 14.3. The van der Waals surface area contributed by atoms with Gasteiger partial charge in [0, 0.05) is 33.4 Å². The number of hydrogen-bond acceptors (Lipinski definition) is 5. The molecule has 0 N–H and O–H groups in total. The molecule has 0 saturated heterocycles. The van der Waals surface area contributed by atoms with E-state index in [4.69, 9.17) is 24.9 Å². The molecule has 0 fully saturated rings. The van der Waals surface area contributed by atoms with Gasteiger partial charge in [-0.1, -0.05) is 182 Å². The monoisotopic (exact) mass is 715 g/mol. The lowest BCUT2D eigenvalue weighted by atomic mass is 9.99. The van der Waals surface area contributed by atoms with Crippen molar-refractivity contribution in [3.63, 3.8) is 0 Å². The van der Waals surface area contributed by atoms with Crippen molar-refractivity contribution in [1.82, 2.24) is 24.9 Å². The minimum atomic E-state index is 0.627. The van der Waals surface area contributed by atoms with Crippen LogP contribution in [-0.4, -0.2) is 24.9 Å². The summed E-state index contributed by atoms with van der Waals surface area (Å²) in [5.74, 6) is 2.60. The Morgan fingerprint density at radius 1 is 0.214 bits per heavy atom. The van der Waals surface area contributed by atoms with Crippen molar-refractivity contribution in [2.24, 2.45) is 0 Å². The largest absolute Gasteiger partial charge is 0.228 e.